The summed E-state index contributed by atoms with van der Waals surface area (Å²) in [6.07, 6.45) is 12.8. The fourth-order valence-corrected chi connectivity index (χ4v) is 7.08. The number of hydrogen-bond donors (Lipinski definition) is 3. The summed E-state index contributed by atoms with van der Waals surface area (Å²) in [7, 11) is 0. The normalized spacial score (nSPS) is 38.7. The highest BCUT2D eigenvalue weighted by Gasteiger charge is 2.55. The van der Waals surface area contributed by atoms with Crippen LogP contribution >= 0.6 is 15.9 Å². The number of carbonyl (C=O) groups is 1. The molecular formula is C23H29BrN4O. The number of halogens is 1. The average molecular weight is 457 g/mol. The highest BCUT2D eigenvalue weighted by atomic mass is 79.9. The molecule has 0 radical (unpaired) electrons. The molecule has 1 aromatic rings. The van der Waals surface area contributed by atoms with Gasteiger partial charge < -0.3 is 0 Å². The highest BCUT2D eigenvalue weighted by Crippen LogP contribution is 2.61. The van der Waals surface area contributed by atoms with E-state index in [9.17, 15) is 4.79 Å². The summed E-state index contributed by atoms with van der Waals surface area (Å²) in [5, 5.41) is 4.12. The number of nitrogens with zero attached hydrogens (tertiary/aromatic N) is 1. The monoisotopic (exact) mass is 456 g/mol. The van der Waals surface area contributed by atoms with Gasteiger partial charge in [0.25, 0.3) is 5.91 Å². The number of hydrazine groups is 1. The smallest absolute Gasteiger partial charge is 0.258 e. The number of allylic oxidation sites excluding steroid dienone is 1. The molecule has 1 heterocycles. The fraction of sp³-hybridized carbons (Fsp3) is 0.565. The predicted octanol–water partition coefficient (Wildman–Crippen LogP) is 3.98. The second-order valence-corrected chi connectivity index (χ2v) is 10.5. The maximum atomic E-state index is 12.6. The van der Waals surface area contributed by atoms with Gasteiger partial charge in [0.15, 0.2) is 0 Å². The lowest BCUT2D eigenvalue weighted by molar-refractivity contribution is -0.123. The topological polar surface area (TPSA) is 65.5 Å². The van der Waals surface area contributed by atoms with E-state index < -0.39 is 0 Å². The molecule has 2 atom stereocenters. The van der Waals surface area contributed by atoms with Gasteiger partial charge in [-0.2, -0.15) is 5.10 Å². The molecule has 4 aliphatic carbocycles. The molecule has 5 nitrogen and oxygen atoms in total. The van der Waals surface area contributed by atoms with Crippen LogP contribution in [0.15, 0.2) is 39.9 Å². The van der Waals surface area contributed by atoms with Gasteiger partial charge in [0.05, 0.1) is 6.21 Å². The molecule has 0 spiro atoms. The summed E-state index contributed by atoms with van der Waals surface area (Å²) >= 11 is 3.48. The van der Waals surface area contributed by atoms with Crippen LogP contribution in [0.5, 0.6) is 0 Å². The van der Waals surface area contributed by atoms with Crippen molar-refractivity contribution in [2.24, 2.45) is 28.3 Å². The number of carbonyl (C=O) groups excluding carboxylic acids is 1. The third-order valence-electron chi connectivity index (χ3n) is 7.51. The van der Waals surface area contributed by atoms with E-state index in [1.165, 1.54) is 38.5 Å². The first kappa shape index (κ1) is 19.5. The van der Waals surface area contributed by atoms with E-state index in [4.69, 9.17) is 0 Å². The van der Waals surface area contributed by atoms with Gasteiger partial charge in [0.2, 0.25) is 0 Å². The molecule has 1 saturated heterocycles. The summed E-state index contributed by atoms with van der Waals surface area (Å²) in [6.45, 7) is 0. The van der Waals surface area contributed by atoms with Crippen molar-refractivity contribution in [1.82, 2.24) is 16.3 Å². The van der Waals surface area contributed by atoms with E-state index in [1.807, 2.05) is 36.4 Å². The van der Waals surface area contributed by atoms with Gasteiger partial charge in [-0.05, 0) is 95.7 Å². The van der Waals surface area contributed by atoms with E-state index in [0.717, 1.165) is 34.2 Å². The lowest BCUT2D eigenvalue weighted by Gasteiger charge is -2.59. The van der Waals surface area contributed by atoms with E-state index in [0.29, 0.717) is 11.5 Å². The van der Waals surface area contributed by atoms with Crippen molar-refractivity contribution in [3.8, 4) is 0 Å². The first-order valence-electron chi connectivity index (χ1n) is 10.9. The first-order valence-corrected chi connectivity index (χ1v) is 11.7. The standard InChI is InChI=1S/C23H29BrN4O/c24-19(9-15-4-2-1-3-5-15)14-25-28-22(29)20-10-21(27-26-20)23-11-16-6-17(12-23)8-18(7-16)13-23/h1-5,9,14,16-18,20-21,26-27H,6-8,10-13H2,(H,28,29)/b19-9-,25-14+. The number of rotatable bonds is 5. The van der Waals surface area contributed by atoms with Crippen LogP contribution in [0.3, 0.4) is 0 Å². The van der Waals surface area contributed by atoms with Crippen molar-refractivity contribution < 1.29 is 4.79 Å². The van der Waals surface area contributed by atoms with Crippen LogP contribution in [0.2, 0.25) is 0 Å². The molecule has 4 saturated carbocycles. The van der Waals surface area contributed by atoms with Gasteiger partial charge in [-0.15, -0.1) is 0 Å². The Balaban J connectivity index is 1.16. The minimum Gasteiger partial charge on any atom is -0.271 e. The Kier molecular flexibility index (Phi) is 5.35. The molecule has 1 aromatic carbocycles. The Hall–Kier alpha value is -1.50. The fourth-order valence-electron chi connectivity index (χ4n) is 6.72. The number of amides is 1. The van der Waals surface area contributed by atoms with Crippen LogP contribution in [0.4, 0.5) is 0 Å². The van der Waals surface area contributed by atoms with E-state index in [-0.39, 0.29) is 11.9 Å². The van der Waals surface area contributed by atoms with Crippen LogP contribution in [0.1, 0.15) is 50.5 Å². The number of benzene rings is 1. The van der Waals surface area contributed by atoms with Crippen LogP contribution in [-0.2, 0) is 4.79 Å². The largest absolute Gasteiger partial charge is 0.271 e. The lowest BCUT2D eigenvalue weighted by atomic mass is 9.47. The summed E-state index contributed by atoms with van der Waals surface area (Å²) in [4.78, 5) is 12.6. The zero-order chi connectivity index (χ0) is 19.8. The van der Waals surface area contributed by atoms with Crippen molar-refractivity contribution in [3.63, 3.8) is 0 Å². The Labute approximate surface area is 180 Å². The quantitative estimate of drug-likeness (QED) is 0.463. The summed E-state index contributed by atoms with van der Waals surface area (Å²) < 4.78 is 0.813. The number of nitrogens with one attached hydrogen (secondary N) is 3. The summed E-state index contributed by atoms with van der Waals surface area (Å²) in [5.41, 5.74) is 10.9. The molecule has 3 N–H and O–H groups in total. The van der Waals surface area contributed by atoms with Gasteiger partial charge >= 0.3 is 0 Å². The highest BCUT2D eigenvalue weighted by molar-refractivity contribution is 9.12. The van der Waals surface area contributed by atoms with Crippen LogP contribution in [0.25, 0.3) is 6.08 Å². The van der Waals surface area contributed by atoms with Gasteiger partial charge in [-0.3, -0.25) is 10.2 Å². The van der Waals surface area contributed by atoms with E-state index in [2.05, 4.69) is 37.3 Å². The summed E-state index contributed by atoms with van der Waals surface area (Å²) in [6, 6.07) is 10.2. The summed E-state index contributed by atoms with van der Waals surface area (Å²) in [5.74, 6) is 2.71. The van der Waals surface area contributed by atoms with Crippen molar-refractivity contribution in [2.45, 2.75) is 57.0 Å². The van der Waals surface area contributed by atoms with Crippen LogP contribution in [0, 0.1) is 23.2 Å². The molecule has 6 heteroatoms. The Morgan fingerprint density at radius 1 is 1.03 bits per heavy atom. The third kappa shape index (κ3) is 4.07. The molecular weight excluding hydrogens is 428 g/mol. The van der Waals surface area contributed by atoms with Crippen LogP contribution < -0.4 is 16.3 Å². The molecule has 2 unspecified atom stereocenters. The Morgan fingerprint density at radius 3 is 2.34 bits per heavy atom. The van der Waals surface area contributed by atoms with Gasteiger partial charge in [-0.1, -0.05) is 30.3 Å². The third-order valence-corrected chi connectivity index (χ3v) is 7.94. The molecule has 154 valence electrons. The van der Waals surface area contributed by atoms with Gasteiger partial charge in [-0.25, -0.2) is 10.9 Å². The molecule has 5 aliphatic rings. The minimum absolute atomic E-state index is 0.0685. The molecule has 0 aromatic heterocycles. The maximum Gasteiger partial charge on any atom is 0.258 e. The number of hydrazone groups is 1. The first-order chi connectivity index (χ1) is 14.1. The molecule has 5 fully saturated rings. The van der Waals surface area contributed by atoms with E-state index >= 15 is 0 Å². The molecule has 29 heavy (non-hydrogen) atoms. The number of hydrogen-bond acceptors (Lipinski definition) is 4. The maximum absolute atomic E-state index is 12.6. The zero-order valence-electron chi connectivity index (χ0n) is 16.6. The van der Waals surface area contributed by atoms with Crippen molar-refractivity contribution in [2.75, 3.05) is 0 Å². The van der Waals surface area contributed by atoms with Crippen molar-refractivity contribution in [1.29, 1.82) is 0 Å². The molecule has 4 bridgehead atoms. The predicted molar refractivity (Wildman–Crippen MR) is 119 cm³/mol. The van der Waals surface area contributed by atoms with Crippen molar-refractivity contribution in [3.05, 3.63) is 40.4 Å². The van der Waals surface area contributed by atoms with E-state index in [1.54, 1.807) is 6.21 Å². The zero-order valence-corrected chi connectivity index (χ0v) is 18.2. The van der Waals surface area contributed by atoms with Gasteiger partial charge in [0.1, 0.15) is 6.04 Å². The molecule has 1 amide bonds. The second-order valence-electron chi connectivity index (χ2n) is 9.58. The Morgan fingerprint density at radius 2 is 1.69 bits per heavy atom. The molecule has 6 rings (SSSR count). The van der Waals surface area contributed by atoms with Gasteiger partial charge in [0, 0.05) is 10.5 Å². The second kappa shape index (κ2) is 7.97. The molecule has 1 aliphatic heterocycles. The van der Waals surface area contributed by atoms with Crippen LogP contribution in [-0.4, -0.2) is 24.2 Å². The lowest BCUT2D eigenvalue weighted by Crippen LogP contribution is -2.55. The minimum atomic E-state index is -0.220. The average Bonchev–Trinajstić information content (AvgIpc) is 3.19. The SMILES string of the molecule is O=C(N/N=C/C(Br)=C/c1ccccc1)C1CC(C23CC4CC(CC(C4)C2)C3)NN1. The Bertz CT molecular complexity index is 786. The van der Waals surface area contributed by atoms with Crippen molar-refractivity contribution >= 4 is 34.1 Å².